The molecule has 0 N–H and O–H groups in total. The molecule has 3 fully saturated rings. The highest BCUT2D eigenvalue weighted by Gasteiger charge is 2.56. The van der Waals surface area contributed by atoms with Crippen molar-refractivity contribution in [3.8, 4) is 0 Å². The van der Waals surface area contributed by atoms with Crippen LogP contribution in [0.25, 0.3) is 0 Å². The topological polar surface area (TPSA) is 36.7 Å². The number of hydrogen-bond donors (Lipinski definition) is 0. The molecule has 3 aliphatic rings. The second-order valence-corrected chi connectivity index (χ2v) is 6.99. The Balaban J connectivity index is 1.25. The first-order valence-electron chi connectivity index (χ1n) is 8.26. The van der Waals surface area contributed by atoms with Crippen LogP contribution in [0.2, 0.25) is 0 Å². The zero-order valence-corrected chi connectivity index (χ0v) is 12.8. The first kappa shape index (κ1) is 13.4. The van der Waals surface area contributed by atoms with E-state index in [0.29, 0.717) is 11.8 Å². The molecule has 1 amide bonds. The number of amides is 1. The van der Waals surface area contributed by atoms with Gasteiger partial charge in [0.2, 0.25) is 5.91 Å². The van der Waals surface area contributed by atoms with Crippen molar-refractivity contribution in [1.82, 2.24) is 9.80 Å². The number of furan rings is 1. The predicted molar refractivity (Wildman–Crippen MR) is 79.6 cm³/mol. The van der Waals surface area contributed by atoms with Gasteiger partial charge in [-0.3, -0.25) is 9.69 Å². The van der Waals surface area contributed by atoms with Gasteiger partial charge in [-0.15, -0.1) is 0 Å². The molecule has 1 aromatic heterocycles. The van der Waals surface area contributed by atoms with Crippen molar-refractivity contribution in [2.24, 2.45) is 17.8 Å². The lowest BCUT2D eigenvalue weighted by Gasteiger charge is -2.19. The van der Waals surface area contributed by atoms with E-state index in [2.05, 4.69) is 15.9 Å². The second kappa shape index (κ2) is 5.16. The lowest BCUT2D eigenvalue weighted by molar-refractivity contribution is -0.130. The Labute approximate surface area is 126 Å². The van der Waals surface area contributed by atoms with Crippen LogP contribution in [-0.2, 0) is 11.3 Å². The number of piperidine rings is 1. The first-order valence-corrected chi connectivity index (χ1v) is 8.26. The smallest absolute Gasteiger partial charge is 0.222 e. The van der Waals surface area contributed by atoms with E-state index in [1.807, 2.05) is 13.0 Å². The molecule has 4 rings (SSSR count). The summed E-state index contributed by atoms with van der Waals surface area (Å²) >= 11 is 0. The molecular weight excluding hydrogens is 264 g/mol. The van der Waals surface area contributed by atoms with Crippen LogP contribution < -0.4 is 0 Å². The molecule has 4 heteroatoms. The molecule has 1 saturated carbocycles. The first-order chi connectivity index (χ1) is 10.2. The van der Waals surface area contributed by atoms with Crippen LogP contribution in [0.3, 0.4) is 0 Å². The van der Waals surface area contributed by atoms with E-state index in [1.165, 1.54) is 12.8 Å². The number of likely N-dealkylation sites (tertiary alicyclic amines) is 2. The zero-order chi connectivity index (χ0) is 14.4. The highest BCUT2D eigenvalue weighted by molar-refractivity contribution is 5.77. The van der Waals surface area contributed by atoms with Crippen molar-refractivity contribution in [3.05, 3.63) is 23.7 Å². The van der Waals surface area contributed by atoms with Gasteiger partial charge in [-0.2, -0.15) is 0 Å². The number of rotatable bonds is 4. The van der Waals surface area contributed by atoms with Gasteiger partial charge >= 0.3 is 0 Å². The third kappa shape index (κ3) is 2.61. The maximum Gasteiger partial charge on any atom is 0.222 e. The van der Waals surface area contributed by atoms with Crippen LogP contribution in [-0.4, -0.2) is 41.9 Å². The zero-order valence-electron chi connectivity index (χ0n) is 12.8. The van der Waals surface area contributed by atoms with Crippen LogP contribution >= 0.6 is 0 Å². The minimum absolute atomic E-state index is 0.403. The maximum atomic E-state index is 12.2. The summed E-state index contributed by atoms with van der Waals surface area (Å²) in [5.41, 5.74) is 0. The number of fused-ring (bicyclic) bond motifs is 1. The molecule has 0 radical (unpaired) electrons. The van der Waals surface area contributed by atoms with Gasteiger partial charge in [0, 0.05) is 32.6 Å². The van der Waals surface area contributed by atoms with E-state index in [-0.39, 0.29) is 0 Å². The van der Waals surface area contributed by atoms with E-state index in [9.17, 15) is 4.79 Å². The van der Waals surface area contributed by atoms with Crippen LogP contribution in [0.5, 0.6) is 0 Å². The van der Waals surface area contributed by atoms with Crippen molar-refractivity contribution in [3.63, 3.8) is 0 Å². The molecule has 21 heavy (non-hydrogen) atoms. The Hall–Kier alpha value is -1.29. The molecule has 2 saturated heterocycles. The Morgan fingerprint density at radius 3 is 2.57 bits per heavy atom. The van der Waals surface area contributed by atoms with Crippen molar-refractivity contribution in [2.45, 2.75) is 32.7 Å². The lowest BCUT2D eigenvalue weighted by Crippen LogP contribution is -2.30. The predicted octanol–water partition coefficient (Wildman–Crippen LogP) is 2.28. The molecule has 3 atom stereocenters. The second-order valence-electron chi connectivity index (χ2n) is 6.99. The van der Waals surface area contributed by atoms with Crippen molar-refractivity contribution < 1.29 is 9.21 Å². The van der Waals surface area contributed by atoms with Gasteiger partial charge in [0.1, 0.15) is 11.5 Å². The minimum Gasteiger partial charge on any atom is -0.465 e. The SMILES string of the molecule is Cc1ccc(CN2C[C@@H]3C(CC(=O)N4CCCC4)[C@@H]3C2)o1. The summed E-state index contributed by atoms with van der Waals surface area (Å²) < 4.78 is 5.65. The van der Waals surface area contributed by atoms with Crippen LogP contribution in [0.4, 0.5) is 0 Å². The van der Waals surface area contributed by atoms with E-state index >= 15 is 0 Å². The van der Waals surface area contributed by atoms with Gasteiger partial charge in [0.15, 0.2) is 0 Å². The number of carbonyl (C=O) groups excluding carboxylic acids is 1. The standard InChI is InChI=1S/C17H24N2O2/c1-12-4-5-13(21-12)9-18-10-15-14(16(15)11-18)8-17(20)19-6-2-3-7-19/h4-5,14-16H,2-3,6-11H2,1H3/t14?,15-,16+. The number of carbonyl (C=O) groups is 1. The number of nitrogens with zero attached hydrogens (tertiary/aromatic N) is 2. The van der Waals surface area contributed by atoms with Crippen molar-refractivity contribution in [2.75, 3.05) is 26.2 Å². The molecule has 4 nitrogen and oxygen atoms in total. The minimum atomic E-state index is 0.403. The lowest BCUT2D eigenvalue weighted by atomic mass is 10.1. The van der Waals surface area contributed by atoms with E-state index in [0.717, 1.165) is 62.5 Å². The largest absolute Gasteiger partial charge is 0.465 e. The van der Waals surface area contributed by atoms with Crippen LogP contribution in [0.1, 0.15) is 30.8 Å². The third-order valence-corrected chi connectivity index (χ3v) is 5.49. The fourth-order valence-corrected chi connectivity index (χ4v) is 4.26. The molecule has 1 unspecified atom stereocenters. The summed E-state index contributed by atoms with van der Waals surface area (Å²) in [4.78, 5) is 16.7. The normalized spacial score (nSPS) is 31.7. The van der Waals surface area contributed by atoms with E-state index in [1.54, 1.807) is 0 Å². The Kier molecular flexibility index (Phi) is 3.29. The highest BCUT2D eigenvalue weighted by atomic mass is 16.3. The summed E-state index contributed by atoms with van der Waals surface area (Å²) in [5.74, 6) is 4.63. The van der Waals surface area contributed by atoms with Gasteiger partial charge in [0.05, 0.1) is 6.54 Å². The van der Waals surface area contributed by atoms with E-state index < -0.39 is 0 Å². The van der Waals surface area contributed by atoms with Gasteiger partial charge in [-0.05, 0) is 49.7 Å². The molecular formula is C17H24N2O2. The van der Waals surface area contributed by atoms with E-state index in [4.69, 9.17) is 4.42 Å². The van der Waals surface area contributed by atoms with Gasteiger partial charge in [-0.25, -0.2) is 0 Å². The molecule has 1 aromatic rings. The molecule has 0 spiro atoms. The Morgan fingerprint density at radius 2 is 1.95 bits per heavy atom. The third-order valence-electron chi connectivity index (χ3n) is 5.49. The molecule has 2 aliphatic heterocycles. The molecule has 0 aromatic carbocycles. The van der Waals surface area contributed by atoms with Crippen molar-refractivity contribution >= 4 is 5.91 Å². The summed E-state index contributed by atoms with van der Waals surface area (Å²) in [6.45, 7) is 7.18. The average molecular weight is 288 g/mol. The number of hydrogen-bond acceptors (Lipinski definition) is 3. The van der Waals surface area contributed by atoms with Gasteiger partial charge in [-0.1, -0.05) is 0 Å². The molecule has 3 heterocycles. The monoisotopic (exact) mass is 288 g/mol. The van der Waals surface area contributed by atoms with Gasteiger partial charge < -0.3 is 9.32 Å². The van der Waals surface area contributed by atoms with Crippen molar-refractivity contribution in [1.29, 1.82) is 0 Å². The summed E-state index contributed by atoms with van der Waals surface area (Å²) in [7, 11) is 0. The molecule has 0 bridgehead atoms. The molecule has 114 valence electrons. The quantitative estimate of drug-likeness (QED) is 0.853. The summed E-state index contributed by atoms with van der Waals surface area (Å²) in [5, 5.41) is 0. The Bertz CT molecular complexity index is 521. The number of aryl methyl sites for hydroxylation is 1. The Morgan fingerprint density at radius 1 is 1.24 bits per heavy atom. The summed E-state index contributed by atoms with van der Waals surface area (Å²) in [6, 6.07) is 4.11. The summed E-state index contributed by atoms with van der Waals surface area (Å²) in [6.07, 6.45) is 3.18. The maximum absolute atomic E-state index is 12.2. The molecule has 1 aliphatic carbocycles. The average Bonchev–Trinajstić information content (AvgIpc) is 2.99. The highest BCUT2D eigenvalue weighted by Crippen LogP contribution is 2.54. The van der Waals surface area contributed by atoms with Gasteiger partial charge in [0.25, 0.3) is 0 Å². The van der Waals surface area contributed by atoms with Crippen LogP contribution in [0.15, 0.2) is 16.5 Å². The fourth-order valence-electron chi connectivity index (χ4n) is 4.26. The fraction of sp³-hybridized carbons (Fsp3) is 0.706. The van der Waals surface area contributed by atoms with Crippen LogP contribution in [0, 0.1) is 24.7 Å².